The van der Waals surface area contributed by atoms with E-state index >= 15 is 0 Å². The Morgan fingerprint density at radius 2 is 1.78 bits per heavy atom. The van der Waals surface area contributed by atoms with Gasteiger partial charge in [0.15, 0.2) is 0 Å². The number of aromatic amines is 1. The summed E-state index contributed by atoms with van der Waals surface area (Å²) in [6.07, 6.45) is 0. The van der Waals surface area contributed by atoms with Crippen molar-refractivity contribution in [2.75, 3.05) is 0 Å². The molecule has 3 rings (SSSR count). The van der Waals surface area contributed by atoms with Crippen LogP contribution >= 0.6 is 0 Å². The van der Waals surface area contributed by atoms with Gasteiger partial charge in [-0.2, -0.15) is 0 Å². The second kappa shape index (κ2) is 7.10. The Balaban J connectivity index is 1.85. The predicted octanol–water partition coefficient (Wildman–Crippen LogP) is 1.98. The first kappa shape index (κ1) is 18.4. The molecule has 0 unspecified atom stereocenters. The molecule has 1 atom stereocenters. The van der Waals surface area contributed by atoms with E-state index in [2.05, 4.69) is 10.3 Å². The number of hydrogen-bond donors (Lipinski definition) is 2. The first-order valence-corrected chi connectivity index (χ1v) is 7.93. The third-order valence-electron chi connectivity index (χ3n) is 4.05. The van der Waals surface area contributed by atoms with Crippen LogP contribution in [0.1, 0.15) is 18.5 Å². The number of rotatable bonds is 4. The number of H-pyrrole nitrogens is 1. The molecule has 2 aromatic carbocycles. The summed E-state index contributed by atoms with van der Waals surface area (Å²) in [6.45, 7) is 0.860. The summed E-state index contributed by atoms with van der Waals surface area (Å²) >= 11 is 0. The van der Waals surface area contributed by atoms with E-state index in [1.54, 1.807) is 0 Å². The largest absolute Gasteiger partial charge is 0.348 e. The normalized spacial score (nSPS) is 12.1. The molecule has 0 radical (unpaired) electrons. The van der Waals surface area contributed by atoms with Crippen molar-refractivity contribution in [3.05, 3.63) is 80.3 Å². The first-order chi connectivity index (χ1) is 12.8. The van der Waals surface area contributed by atoms with Crippen LogP contribution in [0.2, 0.25) is 0 Å². The quantitative estimate of drug-likeness (QED) is 0.729. The summed E-state index contributed by atoms with van der Waals surface area (Å²) in [5.41, 5.74) is -1.57. The molecular weight excluding hydrogens is 363 g/mol. The number of halogens is 3. The van der Waals surface area contributed by atoms with Crippen LogP contribution < -0.4 is 16.6 Å². The van der Waals surface area contributed by atoms with Crippen molar-refractivity contribution in [2.24, 2.45) is 0 Å². The highest BCUT2D eigenvalue weighted by Gasteiger charge is 2.17. The molecule has 0 aliphatic rings. The molecule has 140 valence electrons. The Labute approximate surface area is 150 Å². The molecule has 0 saturated heterocycles. The molecule has 0 bridgehead atoms. The highest BCUT2D eigenvalue weighted by atomic mass is 19.1. The number of aromatic nitrogens is 2. The summed E-state index contributed by atoms with van der Waals surface area (Å²) in [5, 5.41) is 2.49. The highest BCUT2D eigenvalue weighted by Crippen LogP contribution is 2.17. The molecular formula is C18H14F3N3O3. The van der Waals surface area contributed by atoms with Crippen molar-refractivity contribution in [2.45, 2.75) is 19.5 Å². The molecule has 3 aromatic rings. The van der Waals surface area contributed by atoms with Gasteiger partial charge in [-0.15, -0.1) is 0 Å². The number of nitrogens with one attached hydrogen (secondary N) is 2. The molecule has 2 N–H and O–H groups in total. The van der Waals surface area contributed by atoms with Gasteiger partial charge < -0.3 is 10.3 Å². The van der Waals surface area contributed by atoms with Gasteiger partial charge in [0.05, 0.1) is 16.9 Å². The fourth-order valence-corrected chi connectivity index (χ4v) is 2.73. The minimum Gasteiger partial charge on any atom is -0.348 e. The van der Waals surface area contributed by atoms with E-state index in [1.165, 1.54) is 19.1 Å². The van der Waals surface area contributed by atoms with Crippen LogP contribution in [0, 0.1) is 17.5 Å². The van der Waals surface area contributed by atoms with Crippen molar-refractivity contribution in [3.63, 3.8) is 0 Å². The van der Waals surface area contributed by atoms with Crippen LogP contribution in [0.3, 0.4) is 0 Å². The van der Waals surface area contributed by atoms with E-state index in [-0.39, 0.29) is 16.5 Å². The number of carbonyl (C=O) groups excluding carboxylic acids is 1. The lowest BCUT2D eigenvalue weighted by atomic mass is 10.1. The van der Waals surface area contributed by atoms with Crippen LogP contribution in [-0.4, -0.2) is 15.5 Å². The SMILES string of the molecule is C[C@H](NC(=O)Cn1c(=O)[nH]c2cc(F)ccc2c1=O)c1ccc(F)cc1F. The van der Waals surface area contributed by atoms with Crippen LogP contribution in [-0.2, 0) is 11.3 Å². The van der Waals surface area contributed by atoms with Crippen LogP contribution in [0.25, 0.3) is 10.9 Å². The number of fused-ring (bicyclic) bond motifs is 1. The zero-order chi connectivity index (χ0) is 19.7. The van der Waals surface area contributed by atoms with E-state index in [9.17, 15) is 27.6 Å². The Morgan fingerprint density at radius 1 is 1.11 bits per heavy atom. The molecule has 0 fully saturated rings. The second-order valence-corrected chi connectivity index (χ2v) is 5.97. The monoisotopic (exact) mass is 377 g/mol. The molecule has 0 aliphatic carbocycles. The second-order valence-electron chi connectivity index (χ2n) is 5.97. The third kappa shape index (κ3) is 3.76. The lowest BCUT2D eigenvalue weighted by Crippen LogP contribution is -2.41. The molecule has 0 spiro atoms. The summed E-state index contributed by atoms with van der Waals surface area (Å²) < 4.78 is 40.6. The molecule has 0 saturated carbocycles. The maximum Gasteiger partial charge on any atom is 0.329 e. The number of amides is 1. The van der Waals surface area contributed by atoms with Gasteiger partial charge in [0.2, 0.25) is 5.91 Å². The highest BCUT2D eigenvalue weighted by molar-refractivity contribution is 5.79. The van der Waals surface area contributed by atoms with Gasteiger partial charge in [-0.05, 0) is 31.2 Å². The number of carbonyl (C=O) groups is 1. The van der Waals surface area contributed by atoms with E-state index < -0.39 is 47.2 Å². The smallest absolute Gasteiger partial charge is 0.329 e. The summed E-state index contributed by atoms with van der Waals surface area (Å²) in [7, 11) is 0. The first-order valence-electron chi connectivity index (χ1n) is 7.93. The Morgan fingerprint density at radius 3 is 2.48 bits per heavy atom. The van der Waals surface area contributed by atoms with Crippen LogP contribution in [0.15, 0.2) is 46.0 Å². The summed E-state index contributed by atoms with van der Waals surface area (Å²) in [5.74, 6) is -2.92. The van der Waals surface area contributed by atoms with Crippen LogP contribution in [0.5, 0.6) is 0 Å². The van der Waals surface area contributed by atoms with Crippen molar-refractivity contribution in [3.8, 4) is 0 Å². The van der Waals surface area contributed by atoms with Gasteiger partial charge in [-0.25, -0.2) is 18.0 Å². The molecule has 1 amide bonds. The van der Waals surface area contributed by atoms with Gasteiger partial charge in [0, 0.05) is 11.6 Å². The van der Waals surface area contributed by atoms with Gasteiger partial charge in [0.1, 0.15) is 24.0 Å². The molecule has 1 aromatic heterocycles. The molecule has 6 nitrogen and oxygen atoms in total. The predicted molar refractivity (Wildman–Crippen MR) is 91.7 cm³/mol. The topological polar surface area (TPSA) is 84.0 Å². The zero-order valence-corrected chi connectivity index (χ0v) is 14.1. The average Bonchev–Trinajstić information content (AvgIpc) is 2.58. The molecule has 1 heterocycles. The fraction of sp³-hybridized carbons (Fsp3) is 0.167. The standard InChI is InChI=1S/C18H14F3N3O3/c1-9(12-4-2-10(19)6-14(12)21)22-16(25)8-24-17(26)13-5-3-11(20)7-15(13)23-18(24)27/h2-7,9H,8H2,1H3,(H,22,25)(H,23,27)/t9-/m0/s1. The lowest BCUT2D eigenvalue weighted by molar-refractivity contribution is -0.122. The van der Waals surface area contributed by atoms with Crippen molar-refractivity contribution in [1.82, 2.24) is 14.9 Å². The zero-order valence-electron chi connectivity index (χ0n) is 14.1. The Hall–Kier alpha value is -3.36. The fourth-order valence-electron chi connectivity index (χ4n) is 2.73. The molecule has 0 aliphatic heterocycles. The molecule has 27 heavy (non-hydrogen) atoms. The number of benzene rings is 2. The number of hydrogen-bond acceptors (Lipinski definition) is 3. The number of nitrogens with zero attached hydrogens (tertiary/aromatic N) is 1. The van der Waals surface area contributed by atoms with E-state index in [0.717, 1.165) is 18.2 Å². The van der Waals surface area contributed by atoms with Crippen LogP contribution in [0.4, 0.5) is 13.2 Å². The Bertz CT molecular complexity index is 1150. The summed E-state index contributed by atoms with van der Waals surface area (Å²) in [6, 6.07) is 5.39. The minimum atomic E-state index is -0.881. The maximum atomic E-state index is 13.8. The van der Waals surface area contributed by atoms with Crippen molar-refractivity contribution >= 4 is 16.8 Å². The van der Waals surface area contributed by atoms with E-state index in [1.807, 2.05) is 0 Å². The van der Waals surface area contributed by atoms with Crippen molar-refractivity contribution < 1.29 is 18.0 Å². The van der Waals surface area contributed by atoms with Gasteiger partial charge in [0.25, 0.3) is 5.56 Å². The molecule has 9 heteroatoms. The van der Waals surface area contributed by atoms with Gasteiger partial charge in [-0.3, -0.25) is 14.2 Å². The minimum absolute atomic E-state index is 0.0170. The van der Waals surface area contributed by atoms with Crippen molar-refractivity contribution in [1.29, 1.82) is 0 Å². The third-order valence-corrected chi connectivity index (χ3v) is 4.05. The maximum absolute atomic E-state index is 13.8. The lowest BCUT2D eigenvalue weighted by Gasteiger charge is -2.15. The van der Waals surface area contributed by atoms with E-state index in [4.69, 9.17) is 0 Å². The van der Waals surface area contributed by atoms with Gasteiger partial charge >= 0.3 is 5.69 Å². The van der Waals surface area contributed by atoms with E-state index in [0.29, 0.717) is 10.6 Å². The van der Waals surface area contributed by atoms with Gasteiger partial charge in [-0.1, -0.05) is 6.07 Å². The average molecular weight is 377 g/mol. The Kier molecular flexibility index (Phi) is 4.85. The summed E-state index contributed by atoms with van der Waals surface area (Å²) in [4.78, 5) is 39.0.